The lowest BCUT2D eigenvalue weighted by Gasteiger charge is -2.29. The summed E-state index contributed by atoms with van der Waals surface area (Å²) in [4.78, 5) is 26.8. The predicted octanol–water partition coefficient (Wildman–Crippen LogP) is 2.82. The lowest BCUT2D eigenvalue weighted by molar-refractivity contribution is -0.149. The molecule has 4 heteroatoms. The van der Waals surface area contributed by atoms with E-state index in [4.69, 9.17) is 0 Å². The van der Waals surface area contributed by atoms with Crippen LogP contribution in [0.5, 0.6) is 0 Å². The normalized spacial score (nSPS) is 32.4. The number of fused-ring (bicyclic) bond motifs is 2. The van der Waals surface area contributed by atoms with Crippen LogP contribution in [-0.4, -0.2) is 35.0 Å². The van der Waals surface area contributed by atoms with Gasteiger partial charge in [0.1, 0.15) is 0 Å². The number of aliphatic carboxylic acids is 1. The number of amides is 1. The van der Waals surface area contributed by atoms with Gasteiger partial charge in [0, 0.05) is 13.1 Å². The van der Waals surface area contributed by atoms with Crippen molar-refractivity contribution in [2.45, 2.75) is 44.4 Å². The molecule has 1 aromatic carbocycles. The zero-order valence-corrected chi connectivity index (χ0v) is 13.3. The van der Waals surface area contributed by atoms with Gasteiger partial charge in [0.15, 0.2) is 0 Å². The van der Waals surface area contributed by atoms with Crippen LogP contribution in [0.2, 0.25) is 0 Å². The topological polar surface area (TPSA) is 57.6 Å². The molecule has 1 aliphatic heterocycles. The monoisotopic (exact) mass is 313 g/mol. The summed E-state index contributed by atoms with van der Waals surface area (Å²) < 4.78 is 0. The molecule has 1 aromatic rings. The Balaban J connectivity index is 1.59. The zero-order valence-electron chi connectivity index (χ0n) is 13.3. The predicted molar refractivity (Wildman–Crippen MR) is 86.1 cm³/mol. The maximum absolute atomic E-state index is 13.1. The summed E-state index contributed by atoms with van der Waals surface area (Å²) in [7, 11) is 0. The minimum Gasteiger partial charge on any atom is -0.481 e. The van der Waals surface area contributed by atoms with Crippen LogP contribution in [0.3, 0.4) is 0 Å². The molecule has 4 rings (SSSR count). The molecule has 4 nitrogen and oxygen atoms in total. The van der Waals surface area contributed by atoms with E-state index in [9.17, 15) is 14.7 Å². The van der Waals surface area contributed by atoms with Gasteiger partial charge in [-0.25, -0.2) is 0 Å². The van der Waals surface area contributed by atoms with Gasteiger partial charge in [-0.1, -0.05) is 30.7 Å². The number of carboxylic acids is 1. The van der Waals surface area contributed by atoms with Gasteiger partial charge in [-0.15, -0.1) is 0 Å². The average molecular weight is 313 g/mol. The van der Waals surface area contributed by atoms with Crippen molar-refractivity contribution in [3.05, 3.63) is 35.4 Å². The third-order valence-corrected chi connectivity index (χ3v) is 6.28. The molecule has 122 valence electrons. The van der Waals surface area contributed by atoms with Gasteiger partial charge in [-0.2, -0.15) is 0 Å². The lowest BCUT2D eigenvalue weighted by atomic mass is 9.81. The van der Waals surface area contributed by atoms with E-state index >= 15 is 0 Å². The van der Waals surface area contributed by atoms with Crippen molar-refractivity contribution in [3.8, 4) is 0 Å². The molecule has 0 bridgehead atoms. The summed E-state index contributed by atoms with van der Waals surface area (Å²) in [6, 6.07) is 8.22. The molecule has 0 spiro atoms. The fourth-order valence-electron chi connectivity index (χ4n) is 5.04. The summed E-state index contributed by atoms with van der Waals surface area (Å²) in [5, 5.41) is 9.70. The fourth-order valence-corrected chi connectivity index (χ4v) is 5.04. The van der Waals surface area contributed by atoms with E-state index in [-0.39, 0.29) is 17.7 Å². The van der Waals surface area contributed by atoms with Crippen LogP contribution >= 0.6 is 0 Å². The van der Waals surface area contributed by atoms with Gasteiger partial charge in [0.05, 0.1) is 11.3 Å². The number of carboxylic acid groups (broad SMARTS) is 1. The Labute approximate surface area is 136 Å². The smallest absolute Gasteiger partial charge is 0.311 e. The van der Waals surface area contributed by atoms with Gasteiger partial charge < -0.3 is 10.0 Å². The van der Waals surface area contributed by atoms with Crippen LogP contribution in [0.15, 0.2) is 24.3 Å². The molecule has 2 aliphatic carbocycles. The van der Waals surface area contributed by atoms with Crippen LogP contribution < -0.4 is 0 Å². The Morgan fingerprint density at radius 3 is 2.78 bits per heavy atom. The van der Waals surface area contributed by atoms with Gasteiger partial charge >= 0.3 is 5.97 Å². The van der Waals surface area contributed by atoms with E-state index in [1.807, 2.05) is 17.0 Å². The molecular formula is C19H23NO3. The quantitative estimate of drug-likeness (QED) is 0.913. The molecule has 3 atom stereocenters. The minimum absolute atomic E-state index is 0.0791. The Bertz CT molecular complexity index is 656. The van der Waals surface area contributed by atoms with Crippen molar-refractivity contribution in [3.63, 3.8) is 0 Å². The Morgan fingerprint density at radius 1 is 1.17 bits per heavy atom. The molecule has 2 fully saturated rings. The largest absolute Gasteiger partial charge is 0.481 e. The summed E-state index contributed by atoms with van der Waals surface area (Å²) in [6.45, 7) is 1.04. The molecule has 1 saturated carbocycles. The number of hydrogen-bond donors (Lipinski definition) is 1. The van der Waals surface area contributed by atoms with Crippen molar-refractivity contribution >= 4 is 11.9 Å². The highest BCUT2D eigenvalue weighted by atomic mass is 16.4. The second-order valence-electron chi connectivity index (χ2n) is 7.41. The number of rotatable bonds is 2. The Hall–Kier alpha value is -1.84. The maximum Gasteiger partial charge on any atom is 0.311 e. The van der Waals surface area contributed by atoms with E-state index in [0.717, 1.165) is 44.1 Å². The Kier molecular flexibility index (Phi) is 3.43. The third kappa shape index (κ3) is 2.19. The number of likely N-dealkylation sites (tertiary alicyclic amines) is 1. The fraction of sp³-hybridized carbons (Fsp3) is 0.579. The molecule has 1 unspecified atom stereocenters. The first-order valence-corrected chi connectivity index (χ1v) is 8.72. The second-order valence-corrected chi connectivity index (χ2v) is 7.41. The van der Waals surface area contributed by atoms with E-state index in [1.165, 1.54) is 5.56 Å². The van der Waals surface area contributed by atoms with Crippen molar-refractivity contribution < 1.29 is 14.7 Å². The second kappa shape index (κ2) is 5.36. The molecule has 1 amide bonds. The Morgan fingerprint density at radius 2 is 2.00 bits per heavy atom. The summed E-state index contributed by atoms with van der Waals surface area (Å²) in [5.74, 6) is -0.501. The van der Waals surface area contributed by atoms with Crippen LogP contribution in [0.4, 0.5) is 0 Å². The number of benzene rings is 1. The minimum atomic E-state index is -0.709. The lowest BCUT2D eigenvalue weighted by Crippen LogP contribution is -2.39. The first-order valence-electron chi connectivity index (χ1n) is 8.72. The van der Waals surface area contributed by atoms with Crippen LogP contribution in [-0.2, 0) is 16.0 Å². The molecule has 3 aliphatic rings. The average Bonchev–Trinajstić information content (AvgIpc) is 3.12. The third-order valence-electron chi connectivity index (χ3n) is 6.28. The molecule has 1 saturated heterocycles. The SMILES string of the molecule is O=C(C1CCCc2ccccc21)N1C[C@@H]2CCC[C@@]2(C(=O)O)C1. The van der Waals surface area contributed by atoms with Crippen molar-refractivity contribution in [1.82, 2.24) is 4.90 Å². The van der Waals surface area contributed by atoms with Gasteiger partial charge in [-0.3, -0.25) is 9.59 Å². The number of carbonyl (C=O) groups excluding carboxylic acids is 1. The molecule has 0 radical (unpaired) electrons. The van der Waals surface area contributed by atoms with Crippen molar-refractivity contribution in [2.24, 2.45) is 11.3 Å². The van der Waals surface area contributed by atoms with Crippen molar-refractivity contribution in [1.29, 1.82) is 0 Å². The first-order chi connectivity index (χ1) is 11.1. The zero-order chi connectivity index (χ0) is 16.0. The van der Waals surface area contributed by atoms with Crippen LogP contribution in [0, 0.1) is 11.3 Å². The maximum atomic E-state index is 13.1. The summed E-state index contributed by atoms with van der Waals surface area (Å²) >= 11 is 0. The highest BCUT2D eigenvalue weighted by Gasteiger charge is 2.56. The summed E-state index contributed by atoms with van der Waals surface area (Å²) in [5.41, 5.74) is 1.76. The van der Waals surface area contributed by atoms with Crippen LogP contribution in [0.25, 0.3) is 0 Å². The van der Waals surface area contributed by atoms with Gasteiger partial charge in [-0.05, 0) is 49.1 Å². The van der Waals surface area contributed by atoms with Gasteiger partial charge in [0.25, 0.3) is 0 Å². The van der Waals surface area contributed by atoms with E-state index in [0.29, 0.717) is 13.1 Å². The van der Waals surface area contributed by atoms with Crippen LogP contribution in [0.1, 0.15) is 49.1 Å². The number of hydrogen-bond acceptors (Lipinski definition) is 2. The molecule has 1 heterocycles. The van der Waals surface area contributed by atoms with Crippen molar-refractivity contribution in [2.75, 3.05) is 13.1 Å². The number of carbonyl (C=O) groups is 2. The van der Waals surface area contributed by atoms with E-state index in [1.54, 1.807) is 0 Å². The van der Waals surface area contributed by atoms with E-state index in [2.05, 4.69) is 12.1 Å². The first kappa shape index (κ1) is 14.7. The van der Waals surface area contributed by atoms with E-state index < -0.39 is 11.4 Å². The molecular weight excluding hydrogens is 290 g/mol. The molecule has 23 heavy (non-hydrogen) atoms. The molecule has 1 N–H and O–H groups in total. The van der Waals surface area contributed by atoms with Gasteiger partial charge in [0.2, 0.25) is 5.91 Å². The highest BCUT2D eigenvalue weighted by Crippen LogP contribution is 2.49. The molecule has 0 aromatic heterocycles. The standard InChI is InChI=1S/C19H23NO3/c21-17(16-9-3-6-13-5-1-2-8-15(13)16)20-11-14-7-4-10-19(14,12-20)18(22)23/h1-2,5,8,14,16H,3-4,6-7,9-12H2,(H,22,23)/t14-,16?,19+/m0/s1. The number of nitrogens with zero attached hydrogens (tertiary/aromatic N) is 1. The summed E-state index contributed by atoms with van der Waals surface area (Å²) in [6.07, 6.45) is 5.61. The number of aryl methyl sites for hydroxylation is 1. The highest BCUT2D eigenvalue weighted by molar-refractivity contribution is 5.86.